The number of carbonyl (C=O) groups is 1. The van der Waals surface area contributed by atoms with Crippen molar-refractivity contribution in [2.24, 2.45) is 0 Å². The van der Waals surface area contributed by atoms with Crippen molar-refractivity contribution in [1.29, 1.82) is 0 Å². The van der Waals surface area contributed by atoms with Gasteiger partial charge in [-0.3, -0.25) is 9.78 Å². The number of hydrogen-bond acceptors (Lipinski definition) is 5. The SMILES string of the molecule is Cc1coc2c(C)c3oc(=O)c(CCC(=O)NCCc4ccccn4)c(C)c3cc12. The maximum atomic E-state index is 12.6. The molecule has 3 aromatic heterocycles. The van der Waals surface area contributed by atoms with E-state index in [0.717, 1.165) is 38.7 Å². The molecule has 0 atom stereocenters. The van der Waals surface area contributed by atoms with Crippen molar-refractivity contribution >= 4 is 27.8 Å². The molecule has 0 spiro atoms. The van der Waals surface area contributed by atoms with Crippen molar-refractivity contribution in [1.82, 2.24) is 10.3 Å². The van der Waals surface area contributed by atoms with Gasteiger partial charge in [-0.1, -0.05) is 6.07 Å². The Kier molecular flexibility index (Phi) is 5.40. The third-order valence-electron chi connectivity index (χ3n) is 5.57. The average molecular weight is 404 g/mol. The van der Waals surface area contributed by atoms with Crippen LogP contribution in [0.1, 0.15) is 34.4 Å². The molecule has 6 heteroatoms. The lowest BCUT2D eigenvalue weighted by Crippen LogP contribution is -2.26. The Balaban J connectivity index is 1.51. The molecular formula is C24H24N2O4. The normalized spacial score (nSPS) is 11.3. The summed E-state index contributed by atoms with van der Waals surface area (Å²) in [4.78, 5) is 29.1. The topological polar surface area (TPSA) is 85.3 Å². The van der Waals surface area contributed by atoms with Crippen LogP contribution in [0.4, 0.5) is 0 Å². The van der Waals surface area contributed by atoms with E-state index in [1.165, 1.54) is 0 Å². The molecule has 0 aliphatic carbocycles. The Labute approximate surface area is 173 Å². The Hall–Kier alpha value is -3.41. The molecule has 154 valence electrons. The summed E-state index contributed by atoms with van der Waals surface area (Å²) >= 11 is 0. The van der Waals surface area contributed by atoms with E-state index in [1.54, 1.807) is 12.5 Å². The summed E-state index contributed by atoms with van der Waals surface area (Å²) in [6.07, 6.45) is 4.68. The minimum Gasteiger partial charge on any atom is -0.464 e. The van der Waals surface area contributed by atoms with E-state index in [4.69, 9.17) is 8.83 Å². The number of nitrogens with one attached hydrogen (secondary N) is 1. The van der Waals surface area contributed by atoms with Gasteiger partial charge in [0, 0.05) is 53.2 Å². The molecule has 0 aliphatic heterocycles. The van der Waals surface area contributed by atoms with E-state index < -0.39 is 5.63 Å². The highest BCUT2D eigenvalue weighted by Gasteiger charge is 2.18. The Morgan fingerprint density at radius 2 is 1.90 bits per heavy atom. The van der Waals surface area contributed by atoms with Crippen LogP contribution in [0.15, 0.2) is 50.4 Å². The first kappa shape index (κ1) is 19.9. The standard InChI is InChI=1S/C24H24N2O4/c1-14-13-29-22-16(3)23-20(12-19(14)22)15(2)18(24(28)30-23)7-8-21(27)26-11-9-17-6-4-5-10-25-17/h4-6,10,12-13H,7-9,11H2,1-3H3,(H,26,27). The molecular weight excluding hydrogens is 380 g/mol. The van der Waals surface area contributed by atoms with Crippen molar-refractivity contribution in [2.45, 2.75) is 40.0 Å². The second-order valence-corrected chi connectivity index (χ2v) is 7.59. The zero-order valence-corrected chi connectivity index (χ0v) is 17.4. The molecule has 0 unspecified atom stereocenters. The summed E-state index contributed by atoms with van der Waals surface area (Å²) in [5.74, 6) is -0.0952. The van der Waals surface area contributed by atoms with Crippen LogP contribution in [0, 0.1) is 20.8 Å². The van der Waals surface area contributed by atoms with Crippen molar-refractivity contribution in [3.05, 3.63) is 75.1 Å². The summed E-state index contributed by atoms with van der Waals surface area (Å²) in [6, 6.07) is 7.72. The van der Waals surface area contributed by atoms with Crippen molar-refractivity contribution in [3.63, 3.8) is 0 Å². The number of nitrogens with zero attached hydrogens (tertiary/aromatic N) is 1. The van der Waals surface area contributed by atoms with Crippen LogP contribution < -0.4 is 10.9 Å². The van der Waals surface area contributed by atoms with Crippen LogP contribution in [0.2, 0.25) is 0 Å². The molecule has 0 radical (unpaired) electrons. The van der Waals surface area contributed by atoms with E-state index >= 15 is 0 Å². The first-order valence-corrected chi connectivity index (χ1v) is 10.1. The molecule has 4 aromatic rings. The maximum Gasteiger partial charge on any atom is 0.339 e. The van der Waals surface area contributed by atoms with Gasteiger partial charge in [0.2, 0.25) is 5.91 Å². The van der Waals surface area contributed by atoms with Gasteiger partial charge >= 0.3 is 5.63 Å². The number of aryl methyl sites for hydroxylation is 3. The van der Waals surface area contributed by atoms with Crippen LogP contribution in [-0.2, 0) is 17.6 Å². The molecule has 0 saturated heterocycles. The molecule has 1 aromatic carbocycles. The molecule has 1 amide bonds. The van der Waals surface area contributed by atoms with E-state index in [-0.39, 0.29) is 12.3 Å². The number of fused-ring (bicyclic) bond motifs is 2. The summed E-state index contributed by atoms with van der Waals surface area (Å²) in [6.45, 7) is 6.30. The van der Waals surface area contributed by atoms with E-state index in [0.29, 0.717) is 30.5 Å². The second kappa shape index (κ2) is 8.14. The zero-order chi connectivity index (χ0) is 21.3. The van der Waals surface area contributed by atoms with Crippen LogP contribution in [0.5, 0.6) is 0 Å². The summed E-state index contributed by atoms with van der Waals surface area (Å²) in [5, 5.41) is 4.78. The van der Waals surface area contributed by atoms with Gasteiger partial charge in [0.05, 0.1) is 6.26 Å². The molecule has 4 rings (SSSR count). The summed E-state index contributed by atoms with van der Waals surface area (Å²) in [7, 11) is 0. The average Bonchev–Trinajstić information content (AvgIpc) is 3.11. The first-order chi connectivity index (χ1) is 14.5. The van der Waals surface area contributed by atoms with Crippen molar-refractivity contribution < 1.29 is 13.6 Å². The lowest BCUT2D eigenvalue weighted by atomic mass is 9.98. The maximum absolute atomic E-state index is 12.6. The molecule has 0 aliphatic rings. The van der Waals surface area contributed by atoms with Gasteiger partial charge in [0.15, 0.2) is 0 Å². The summed E-state index contributed by atoms with van der Waals surface area (Å²) in [5.41, 5.74) is 5.07. The number of aromatic nitrogens is 1. The van der Waals surface area contributed by atoms with Gasteiger partial charge in [0.1, 0.15) is 11.2 Å². The van der Waals surface area contributed by atoms with Gasteiger partial charge in [0.25, 0.3) is 0 Å². The van der Waals surface area contributed by atoms with Gasteiger partial charge in [-0.2, -0.15) is 0 Å². The molecule has 1 N–H and O–H groups in total. The number of pyridine rings is 1. The smallest absolute Gasteiger partial charge is 0.339 e. The minimum atomic E-state index is -0.396. The van der Waals surface area contributed by atoms with Gasteiger partial charge in [-0.05, 0) is 56.5 Å². The van der Waals surface area contributed by atoms with Crippen LogP contribution >= 0.6 is 0 Å². The van der Waals surface area contributed by atoms with Crippen LogP contribution in [-0.4, -0.2) is 17.4 Å². The molecule has 0 bridgehead atoms. The molecule has 0 saturated carbocycles. The lowest BCUT2D eigenvalue weighted by molar-refractivity contribution is -0.121. The highest BCUT2D eigenvalue weighted by molar-refractivity contribution is 5.99. The van der Waals surface area contributed by atoms with E-state index in [9.17, 15) is 9.59 Å². The summed E-state index contributed by atoms with van der Waals surface area (Å²) < 4.78 is 11.3. The monoisotopic (exact) mass is 404 g/mol. The minimum absolute atomic E-state index is 0.0952. The predicted octanol–water partition coefficient (Wildman–Crippen LogP) is 4.15. The fourth-order valence-corrected chi connectivity index (χ4v) is 3.81. The number of furan rings is 1. The third kappa shape index (κ3) is 3.73. The van der Waals surface area contributed by atoms with E-state index in [1.807, 2.05) is 45.0 Å². The van der Waals surface area contributed by atoms with Gasteiger partial charge in [-0.15, -0.1) is 0 Å². The Morgan fingerprint density at radius 1 is 1.07 bits per heavy atom. The first-order valence-electron chi connectivity index (χ1n) is 10.1. The highest BCUT2D eigenvalue weighted by atomic mass is 16.4. The van der Waals surface area contributed by atoms with Crippen LogP contribution in [0.25, 0.3) is 21.9 Å². The third-order valence-corrected chi connectivity index (χ3v) is 5.57. The predicted molar refractivity (Wildman–Crippen MR) is 116 cm³/mol. The number of carbonyl (C=O) groups excluding carboxylic acids is 1. The lowest BCUT2D eigenvalue weighted by Gasteiger charge is -2.10. The van der Waals surface area contributed by atoms with Crippen molar-refractivity contribution in [3.8, 4) is 0 Å². The number of amides is 1. The zero-order valence-electron chi connectivity index (χ0n) is 17.4. The Bertz CT molecular complexity index is 1290. The van der Waals surface area contributed by atoms with E-state index in [2.05, 4.69) is 10.3 Å². The second-order valence-electron chi connectivity index (χ2n) is 7.59. The molecule has 0 fully saturated rings. The fraction of sp³-hybridized carbons (Fsp3) is 0.292. The van der Waals surface area contributed by atoms with Crippen molar-refractivity contribution in [2.75, 3.05) is 6.54 Å². The molecule has 3 heterocycles. The number of benzene rings is 1. The van der Waals surface area contributed by atoms with Gasteiger partial charge in [-0.25, -0.2) is 4.79 Å². The van der Waals surface area contributed by atoms with Gasteiger partial charge < -0.3 is 14.2 Å². The fourth-order valence-electron chi connectivity index (χ4n) is 3.81. The number of hydrogen-bond donors (Lipinski definition) is 1. The number of rotatable bonds is 6. The molecule has 6 nitrogen and oxygen atoms in total. The Morgan fingerprint density at radius 3 is 2.67 bits per heavy atom. The van der Waals surface area contributed by atoms with Crippen LogP contribution in [0.3, 0.4) is 0 Å². The quantitative estimate of drug-likeness (QED) is 0.488. The highest BCUT2D eigenvalue weighted by Crippen LogP contribution is 2.32. The largest absolute Gasteiger partial charge is 0.464 e. The molecule has 30 heavy (non-hydrogen) atoms.